The van der Waals surface area contributed by atoms with Crippen LogP contribution in [0.5, 0.6) is 5.75 Å². The minimum atomic E-state index is -0.359. The van der Waals surface area contributed by atoms with E-state index in [0.717, 1.165) is 5.56 Å². The lowest BCUT2D eigenvalue weighted by atomic mass is 9.97. The van der Waals surface area contributed by atoms with Crippen molar-refractivity contribution in [3.63, 3.8) is 0 Å². The van der Waals surface area contributed by atoms with Crippen molar-refractivity contribution in [2.24, 2.45) is 0 Å². The smallest absolute Gasteiger partial charge is 0.170 e. The molecular weight excluding hydrogens is 375 g/mol. The number of anilines is 1. The molecule has 5 nitrogen and oxygen atoms in total. The van der Waals surface area contributed by atoms with Gasteiger partial charge in [-0.3, -0.25) is 4.79 Å². The molecule has 0 aliphatic carbocycles. The number of nitrogens with zero attached hydrogens (tertiary/aromatic N) is 1. The summed E-state index contributed by atoms with van der Waals surface area (Å²) in [4.78, 5) is 12.7. The lowest BCUT2D eigenvalue weighted by Gasteiger charge is -2.18. The van der Waals surface area contributed by atoms with Gasteiger partial charge in [0.1, 0.15) is 11.5 Å². The molecule has 1 unspecified atom stereocenters. The Bertz CT molecular complexity index is 923. The van der Waals surface area contributed by atoms with Gasteiger partial charge >= 0.3 is 0 Å². The van der Waals surface area contributed by atoms with Gasteiger partial charge < -0.3 is 14.9 Å². The fourth-order valence-corrected chi connectivity index (χ4v) is 2.84. The topological polar surface area (TPSA) is 75.4 Å². The van der Waals surface area contributed by atoms with Gasteiger partial charge in [0, 0.05) is 18.1 Å². The van der Waals surface area contributed by atoms with Crippen LogP contribution in [0.4, 0.5) is 5.82 Å². The molecule has 1 aromatic heterocycles. The third-order valence-electron chi connectivity index (χ3n) is 3.88. The van der Waals surface area contributed by atoms with Gasteiger partial charge in [0.05, 0.1) is 16.1 Å². The molecule has 3 rings (SSSR count). The first kappa shape index (κ1) is 18.3. The molecule has 134 valence electrons. The number of nitrogens with one attached hydrogen (secondary N) is 1. The van der Waals surface area contributed by atoms with Crippen LogP contribution in [0.2, 0.25) is 10.0 Å². The molecule has 0 aliphatic rings. The summed E-state index contributed by atoms with van der Waals surface area (Å²) in [6.07, 6.45) is 0.161. The standard InChI is InChI=1S/C19H16Cl2N2O3/c1-11-8-19(23-26-11)22-17(12-2-5-14(24)6-3-12)10-18(25)13-4-7-15(20)16(21)9-13/h2-9,17,24H,10H2,1H3,(H,22,23). The molecule has 0 fully saturated rings. The summed E-state index contributed by atoms with van der Waals surface area (Å²) < 4.78 is 5.07. The van der Waals surface area contributed by atoms with E-state index in [1.165, 1.54) is 0 Å². The lowest BCUT2D eigenvalue weighted by molar-refractivity contribution is 0.0976. The maximum atomic E-state index is 12.7. The molecule has 2 N–H and O–H groups in total. The normalized spacial score (nSPS) is 12.0. The summed E-state index contributed by atoms with van der Waals surface area (Å²) in [5.41, 5.74) is 1.30. The number of hydrogen-bond acceptors (Lipinski definition) is 5. The van der Waals surface area contributed by atoms with Crippen molar-refractivity contribution in [1.29, 1.82) is 0 Å². The SMILES string of the molecule is Cc1cc(NC(CC(=O)c2ccc(Cl)c(Cl)c2)c2ccc(O)cc2)no1. The number of rotatable bonds is 6. The minimum Gasteiger partial charge on any atom is -0.508 e. The van der Waals surface area contributed by atoms with Crippen molar-refractivity contribution in [1.82, 2.24) is 5.16 Å². The van der Waals surface area contributed by atoms with Crippen LogP contribution in [0, 0.1) is 6.92 Å². The first-order valence-electron chi connectivity index (χ1n) is 7.89. The van der Waals surface area contributed by atoms with E-state index in [1.807, 2.05) is 0 Å². The number of phenolic OH excluding ortho intramolecular Hbond substituents is 1. The first-order chi connectivity index (χ1) is 12.4. The van der Waals surface area contributed by atoms with E-state index in [2.05, 4.69) is 10.5 Å². The van der Waals surface area contributed by atoms with Gasteiger partial charge in [0.25, 0.3) is 0 Å². The quantitative estimate of drug-likeness (QED) is 0.549. The average Bonchev–Trinajstić information content (AvgIpc) is 3.02. The van der Waals surface area contributed by atoms with Crippen molar-refractivity contribution in [3.8, 4) is 5.75 Å². The summed E-state index contributed by atoms with van der Waals surface area (Å²) in [7, 11) is 0. The van der Waals surface area contributed by atoms with E-state index in [1.54, 1.807) is 55.5 Å². The molecule has 26 heavy (non-hydrogen) atoms. The summed E-state index contributed by atoms with van der Waals surface area (Å²) in [5, 5.41) is 17.4. The highest BCUT2D eigenvalue weighted by Crippen LogP contribution is 2.28. The lowest BCUT2D eigenvalue weighted by Crippen LogP contribution is -2.16. The van der Waals surface area contributed by atoms with Crippen LogP contribution in [-0.4, -0.2) is 16.0 Å². The third-order valence-corrected chi connectivity index (χ3v) is 4.62. The molecule has 0 radical (unpaired) electrons. The van der Waals surface area contributed by atoms with Crippen LogP contribution >= 0.6 is 23.2 Å². The van der Waals surface area contributed by atoms with Crippen molar-refractivity contribution in [2.75, 3.05) is 5.32 Å². The van der Waals surface area contributed by atoms with E-state index in [4.69, 9.17) is 27.7 Å². The van der Waals surface area contributed by atoms with E-state index >= 15 is 0 Å². The number of hydrogen-bond donors (Lipinski definition) is 2. The number of halogens is 2. The molecule has 1 heterocycles. The largest absolute Gasteiger partial charge is 0.508 e. The second-order valence-corrected chi connectivity index (χ2v) is 6.68. The fraction of sp³-hybridized carbons (Fsp3) is 0.158. The number of carbonyl (C=O) groups excluding carboxylic acids is 1. The van der Waals surface area contributed by atoms with Gasteiger partial charge in [-0.2, -0.15) is 0 Å². The Morgan fingerprint density at radius 3 is 2.50 bits per heavy atom. The van der Waals surface area contributed by atoms with E-state index in [9.17, 15) is 9.90 Å². The minimum absolute atomic E-state index is 0.102. The number of aromatic nitrogens is 1. The monoisotopic (exact) mass is 390 g/mol. The number of aromatic hydroxyl groups is 1. The Balaban J connectivity index is 1.85. The number of aryl methyl sites for hydroxylation is 1. The zero-order valence-electron chi connectivity index (χ0n) is 13.9. The number of ketones is 1. The molecule has 3 aromatic rings. The molecule has 1 atom stereocenters. The van der Waals surface area contributed by atoms with E-state index < -0.39 is 0 Å². The molecule has 0 amide bonds. The summed E-state index contributed by atoms with van der Waals surface area (Å²) in [6, 6.07) is 12.8. The molecule has 0 saturated carbocycles. The summed E-state index contributed by atoms with van der Waals surface area (Å²) in [5.74, 6) is 1.24. The van der Waals surface area contributed by atoms with Crippen LogP contribution in [0.25, 0.3) is 0 Å². The van der Waals surface area contributed by atoms with Crippen molar-refractivity contribution in [3.05, 3.63) is 75.5 Å². The van der Waals surface area contributed by atoms with Gasteiger partial charge in [0.15, 0.2) is 11.6 Å². The van der Waals surface area contributed by atoms with Crippen LogP contribution in [0.3, 0.4) is 0 Å². The van der Waals surface area contributed by atoms with Gasteiger partial charge in [-0.1, -0.05) is 40.5 Å². The zero-order chi connectivity index (χ0) is 18.7. The fourth-order valence-electron chi connectivity index (χ4n) is 2.54. The van der Waals surface area contributed by atoms with Gasteiger partial charge in [-0.15, -0.1) is 0 Å². The Kier molecular flexibility index (Phi) is 5.49. The van der Waals surface area contributed by atoms with Crippen molar-refractivity contribution >= 4 is 34.8 Å². The number of phenols is 1. The molecular formula is C19H16Cl2N2O3. The molecule has 0 saturated heterocycles. The first-order valence-corrected chi connectivity index (χ1v) is 8.65. The van der Waals surface area contributed by atoms with Crippen LogP contribution < -0.4 is 5.32 Å². The maximum absolute atomic E-state index is 12.7. The zero-order valence-corrected chi connectivity index (χ0v) is 15.4. The van der Waals surface area contributed by atoms with Crippen molar-refractivity contribution in [2.45, 2.75) is 19.4 Å². The second kappa shape index (κ2) is 7.81. The Hall–Kier alpha value is -2.50. The number of benzene rings is 2. The predicted molar refractivity (Wildman–Crippen MR) is 101 cm³/mol. The van der Waals surface area contributed by atoms with Crippen LogP contribution in [-0.2, 0) is 0 Å². The molecule has 0 bridgehead atoms. The predicted octanol–water partition coefficient (Wildman–Crippen LogP) is 5.42. The van der Waals surface area contributed by atoms with Gasteiger partial charge in [0.2, 0.25) is 0 Å². The number of carbonyl (C=O) groups is 1. The number of Topliss-reactive ketones (excluding diaryl/α,β-unsaturated/α-hetero) is 1. The third kappa shape index (κ3) is 4.36. The molecule has 0 spiro atoms. The Labute approximate surface area is 160 Å². The van der Waals surface area contributed by atoms with Gasteiger partial charge in [-0.05, 0) is 42.8 Å². The summed E-state index contributed by atoms with van der Waals surface area (Å²) >= 11 is 11.9. The van der Waals surface area contributed by atoms with Gasteiger partial charge in [-0.25, -0.2) is 0 Å². The van der Waals surface area contributed by atoms with Crippen LogP contribution in [0.15, 0.2) is 53.1 Å². The average molecular weight is 391 g/mol. The Morgan fingerprint density at radius 2 is 1.88 bits per heavy atom. The highest BCUT2D eigenvalue weighted by Gasteiger charge is 2.19. The van der Waals surface area contributed by atoms with E-state index in [-0.39, 0.29) is 24.0 Å². The van der Waals surface area contributed by atoms with E-state index in [0.29, 0.717) is 27.2 Å². The molecule has 7 heteroatoms. The Morgan fingerprint density at radius 1 is 1.15 bits per heavy atom. The summed E-state index contributed by atoms with van der Waals surface area (Å²) in [6.45, 7) is 1.79. The highest BCUT2D eigenvalue weighted by molar-refractivity contribution is 6.42. The molecule has 2 aromatic carbocycles. The maximum Gasteiger partial charge on any atom is 0.170 e. The van der Waals surface area contributed by atoms with Crippen molar-refractivity contribution < 1.29 is 14.4 Å². The molecule has 0 aliphatic heterocycles. The van der Waals surface area contributed by atoms with Crippen LogP contribution in [0.1, 0.15) is 34.1 Å². The second-order valence-electron chi connectivity index (χ2n) is 5.87. The highest BCUT2D eigenvalue weighted by atomic mass is 35.5.